The van der Waals surface area contributed by atoms with Crippen LogP contribution < -0.4 is 5.56 Å². The molecule has 0 atom stereocenters. The van der Waals surface area contributed by atoms with E-state index in [1.807, 2.05) is 45.0 Å². The molecule has 2 aromatic rings. The van der Waals surface area contributed by atoms with Crippen molar-refractivity contribution in [1.82, 2.24) is 9.78 Å². The van der Waals surface area contributed by atoms with Gasteiger partial charge in [0.25, 0.3) is 5.56 Å². The Kier molecular flexibility index (Phi) is 5.57. The molecule has 0 aliphatic heterocycles. The van der Waals surface area contributed by atoms with E-state index < -0.39 is 5.54 Å². The van der Waals surface area contributed by atoms with Crippen molar-refractivity contribution >= 4 is 11.6 Å². The van der Waals surface area contributed by atoms with Gasteiger partial charge in [-0.1, -0.05) is 35.9 Å². The summed E-state index contributed by atoms with van der Waals surface area (Å²) in [5, 5.41) is 13.2. The summed E-state index contributed by atoms with van der Waals surface area (Å²) in [5.41, 5.74) is 1.52. The average Bonchev–Trinajstić information content (AvgIpc) is 2.50. The molecule has 0 fully saturated rings. The number of rotatable bonds is 5. The maximum Gasteiger partial charge on any atom is 0.286 e. The maximum absolute atomic E-state index is 12.5. The largest absolute Gasteiger partial charge is 0.394 e. The maximum atomic E-state index is 12.5. The van der Waals surface area contributed by atoms with Crippen LogP contribution >= 0.6 is 11.6 Å². The first-order valence-corrected chi connectivity index (χ1v) is 7.79. The quantitative estimate of drug-likeness (QED) is 0.853. The molecule has 1 aromatic carbocycles. The highest BCUT2D eigenvalue weighted by atomic mass is 35.5. The molecule has 0 spiro atoms. The summed E-state index contributed by atoms with van der Waals surface area (Å²) in [6, 6.07) is 7.54. The Balaban J connectivity index is 2.48. The summed E-state index contributed by atoms with van der Waals surface area (Å²) in [7, 11) is 0. The van der Waals surface area contributed by atoms with Crippen LogP contribution in [0.4, 0.5) is 0 Å². The molecule has 0 unspecified atom stereocenters. The van der Waals surface area contributed by atoms with Gasteiger partial charge in [-0.05, 0) is 31.9 Å². The van der Waals surface area contributed by atoms with E-state index in [0.29, 0.717) is 12.2 Å². The van der Waals surface area contributed by atoms with Gasteiger partial charge in [-0.3, -0.25) is 4.79 Å². The Bertz CT molecular complexity index is 735. The number of hydrogen-bond acceptors (Lipinski definition) is 4. The van der Waals surface area contributed by atoms with E-state index in [1.54, 1.807) is 6.20 Å². The summed E-state index contributed by atoms with van der Waals surface area (Å²) < 4.78 is 6.76. The number of halogens is 1. The molecule has 5 nitrogen and oxygen atoms in total. The molecule has 0 aliphatic rings. The third-order valence-corrected chi connectivity index (χ3v) is 3.72. The van der Waals surface area contributed by atoms with Gasteiger partial charge < -0.3 is 9.84 Å². The van der Waals surface area contributed by atoms with Gasteiger partial charge >= 0.3 is 0 Å². The number of benzene rings is 1. The van der Waals surface area contributed by atoms with Crippen LogP contribution in [0.15, 0.2) is 35.3 Å². The first-order chi connectivity index (χ1) is 10.9. The normalized spacial score (nSPS) is 11.7. The van der Waals surface area contributed by atoms with Gasteiger partial charge in [-0.15, -0.1) is 0 Å². The van der Waals surface area contributed by atoms with Gasteiger partial charge in [-0.25, -0.2) is 4.68 Å². The number of aliphatic hydroxyl groups is 1. The SMILES string of the molecule is CC(C)(C)n1ncc(-c2ccccc2COCCO)c(Cl)c1=O. The molecule has 2 rings (SSSR count). The van der Waals surface area contributed by atoms with Gasteiger partial charge in [0.2, 0.25) is 0 Å². The molecule has 1 N–H and O–H groups in total. The van der Waals surface area contributed by atoms with Crippen LogP contribution in [0.1, 0.15) is 26.3 Å². The van der Waals surface area contributed by atoms with Crippen molar-refractivity contribution in [3.8, 4) is 11.1 Å². The molecular weight excluding hydrogens is 316 g/mol. The smallest absolute Gasteiger partial charge is 0.286 e. The second kappa shape index (κ2) is 7.25. The summed E-state index contributed by atoms with van der Waals surface area (Å²) in [6.07, 6.45) is 1.61. The summed E-state index contributed by atoms with van der Waals surface area (Å²) >= 11 is 6.32. The molecule has 124 valence electrons. The van der Waals surface area contributed by atoms with Gasteiger partial charge in [-0.2, -0.15) is 5.10 Å². The molecule has 6 heteroatoms. The predicted molar refractivity (Wildman–Crippen MR) is 90.7 cm³/mol. The fraction of sp³-hybridized carbons (Fsp3) is 0.412. The van der Waals surface area contributed by atoms with E-state index in [2.05, 4.69) is 5.10 Å². The first kappa shape index (κ1) is 17.7. The van der Waals surface area contributed by atoms with Crippen molar-refractivity contribution in [2.75, 3.05) is 13.2 Å². The van der Waals surface area contributed by atoms with E-state index in [-0.39, 0.29) is 23.8 Å². The second-order valence-corrected chi connectivity index (χ2v) is 6.57. The van der Waals surface area contributed by atoms with Gasteiger partial charge in [0.05, 0.1) is 31.6 Å². The average molecular weight is 337 g/mol. The van der Waals surface area contributed by atoms with E-state index >= 15 is 0 Å². The number of ether oxygens (including phenoxy) is 1. The minimum Gasteiger partial charge on any atom is -0.394 e. The Morgan fingerprint density at radius 3 is 2.61 bits per heavy atom. The highest BCUT2D eigenvalue weighted by molar-refractivity contribution is 6.33. The van der Waals surface area contributed by atoms with E-state index in [0.717, 1.165) is 11.1 Å². The molecule has 0 amide bonds. The van der Waals surface area contributed by atoms with Crippen molar-refractivity contribution in [2.45, 2.75) is 32.9 Å². The molecule has 1 aromatic heterocycles. The van der Waals surface area contributed by atoms with Crippen LogP contribution in [-0.2, 0) is 16.9 Å². The first-order valence-electron chi connectivity index (χ1n) is 7.41. The highest BCUT2D eigenvalue weighted by Crippen LogP contribution is 2.28. The third kappa shape index (κ3) is 3.99. The highest BCUT2D eigenvalue weighted by Gasteiger charge is 2.20. The number of aromatic nitrogens is 2. The molecule has 23 heavy (non-hydrogen) atoms. The van der Waals surface area contributed by atoms with Crippen molar-refractivity contribution in [2.24, 2.45) is 0 Å². The van der Waals surface area contributed by atoms with Crippen LogP contribution in [-0.4, -0.2) is 28.1 Å². The molecule has 0 saturated heterocycles. The minimum absolute atomic E-state index is 0.0356. The molecule has 0 bridgehead atoms. The number of hydrogen-bond donors (Lipinski definition) is 1. The van der Waals surface area contributed by atoms with Gasteiger partial charge in [0.15, 0.2) is 0 Å². The number of nitrogens with zero attached hydrogens (tertiary/aromatic N) is 2. The lowest BCUT2D eigenvalue weighted by Gasteiger charge is -2.21. The van der Waals surface area contributed by atoms with E-state index in [9.17, 15) is 4.79 Å². The lowest BCUT2D eigenvalue weighted by atomic mass is 10.0. The van der Waals surface area contributed by atoms with Crippen molar-refractivity contribution in [3.05, 3.63) is 51.4 Å². The standard InChI is InChI=1S/C17H21ClN2O3/c1-17(2,3)20-16(22)15(18)14(10-19-20)13-7-5-4-6-12(13)11-23-9-8-21/h4-7,10,21H,8-9,11H2,1-3H3. The molecule has 0 saturated carbocycles. The summed E-state index contributed by atoms with van der Waals surface area (Å²) in [4.78, 5) is 12.5. The monoisotopic (exact) mass is 336 g/mol. The van der Waals surface area contributed by atoms with E-state index in [1.165, 1.54) is 4.68 Å². The van der Waals surface area contributed by atoms with Crippen LogP contribution in [0.5, 0.6) is 0 Å². The van der Waals surface area contributed by atoms with Crippen LogP contribution in [0.25, 0.3) is 11.1 Å². The molecular formula is C17H21ClN2O3. The van der Waals surface area contributed by atoms with Crippen molar-refractivity contribution < 1.29 is 9.84 Å². The zero-order valence-corrected chi connectivity index (χ0v) is 14.3. The summed E-state index contributed by atoms with van der Waals surface area (Å²) in [6.45, 7) is 6.24. The number of aliphatic hydroxyl groups excluding tert-OH is 1. The third-order valence-electron chi connectivity index (χ3n) is 3.36. The zero-order chi connectivity index (χ0) is 17.0. The molecule has 1 heterocycles. The zero-order valence-electron chi connectivity index (χ0n) is 13.5. The Morgan fingerprint density at radius 2 is 1.96 bits per heavy atom. The topological polar surface area (TPSA) is 64.3 Å². The Morgan fingerprint density at radius 1 is 1.26 bits per heavy atom. The fourth-order valence-corrected chi connectivity index (χ4v) is 2.48. The minimum atomic E-state index is -0.441. The van der Waals surface area contributed by atoms with E-state index in [4.69, 9.17) is 21.4 Å². The lowest BCUT2D eigenvalue weighted by molar-refractivity contribution is 0.0818. The van der Waals surface area contributed by atoms with Crippen LogP contribution in [0, 0.1) is 0 Å². The second-order valence-electron chi connectivity index (χ2n) is 6.19. The predicted octanol–water partition coefficient (Wildman–Crippen LogP) is 2.83. The van der Waals surface area contributed by atoms with Crippen molar-refractivity contribution in [1.29, 1.82) is 0 Å². The molecule has 0 aliphatic carbocycles. The van der Waals surface area contributed by atoms with Crippen molar-refractivity contribution in [3.63, 3.8) is 0 Å². The van der Waals surface area contributed by atoms with Crippen LogP contribution in [0.2, 0.25) is 5.02 Å². The fourth-order valence-electron chi connectivity index (χ4n) is 2.25. The van der Waals surface area contributed by atoms with Gasteiger partial charge in [0.1, 0.15) is 5.02 Å². The lowest BCUT2D eigenvalue weighted by Crippen LogP contribution is -2.36. The van der Waals surface area contributed by atoms with Gasteiger partial charge in [0, 0.05) is 5.56 Å². The van der Waals surface area contributed by atoms with Crippen LogP contribution in [0.3, 0.4) is 0 Å². The Hall–Kier alpha value is -1.69. The molecule has 0 radical (unpaired) electrons. The summed E-state index contributed by atoms with van der Waals surface area (Å²) in [5.74, 6) is 0. The Labute approximate surface area is 140 Å².